The van der Waals surface area contributed by atoms with Gasteiger partial charge in [0.1, 0.15) is 5.75 Å². The fourth-order valence-corrected chi connectivity index (χ4v) is 5.14. The molecule has 184 valence electrons. The summed E-state index contributed by atoms with van der Waals surface area (Å²) >= 11 is 0. The summed E-state index contributed by atoms with van der Waals surface area (Å²) in [5.41, 5.74) is 5.27. The lowest BCUT2D eigenvalue weighted by molar-refractivity contribution is -0.127. The zero-order chi connectivity index (χ0) is 25.5. The standard InChI is InChI=1S/C30H24N2O5/c1-36-30(35)19-9-6-18(7-10-19)8-13-26(33)32-17-23-27(31-24-5-3-2-4-22(24)29(23)34)28(32)21-11-12-25-20(16-21)14-15-37-25/h2-13,16,28H,14-15,17H2,1H3,(H,31,34)/b13-8+. The third-order valence-electron chi connectivity index (χ3n) is 7.02. The fraction of sp³-hybridized carbons (Fsp3) is 0.167. The maximum absolute atomic E-state index is 13.6. The van der Waals surface area contributed by atoms with Gasteiger partial charge in [-0.25, -0.2) is 4.79 Å². The van der Waals surface area contributed by atoms with Gasteiger partial charge in [0.25, 0.3) is 0 Å². The van der Waals surface area contributed by atoms with E-state index in [1.54, 1.807) is 41.3 Å². The summed E-state index contributed by atoms with van der Waals surface area (Å²) in [6.07, 6.45) is 4.03. The van der Waals surface area contributed by atoms with Crippen LogP contribution in [0, 0.1) is 0 Å². The topological polar surface area (TPSA) is 88.7 Å². The molecular weight excluding hydrogens is 468 g/mol. The lowest BCUT2D eigenvalue weighted by Crippen LogP contribution is -2.29. The summed E-state index contributed by atoms with van der Waals surface area (Å²) in [6.45, 7) is 0.847. The van der Waals surface area contributed by atoms with Crippen molar-refractivity contribution in [3.63, 3.8) is 0 Å². The van der Waals surface area contributed by atoms with Crippen LogP contribution in [0.1, 0.15) is 44.3 Å². The second-order valence-electron chi connectivity index (χ2n) is 9.17. The number of carbonyl (C=O) groups excluding carboxylic acids is 2. The van der Waals surface area contributed by atoms with E-state index in [1.165, 1.54) is 13.2 Å². The first-order valence-corrected chi connectivity index (χ1v) is 12.1. The third kappa shape index (κ3) is 3.98. The number of benzene rings is 3. The number of H-pyrrole nitrogens is 1. The third-order valence-corrected chi connectivity index (χ3v) is 7.02. The molecule has 3 heterocycles. The smallest absolute Gasteiger partial charge is 0.337 e. The van der Waals surface area contributed by atoms with E-state index >= 15 is 0 Å². The number of para-hydroxylation sites is 1. The number of aromatic amines is 1. The van der Waals surface area contributed by atoms with Crippen LogP contribution in [0.3, 0.4) is 0 Å². The quantitative estimate of drug-likeness (QED) is 0.337. The molecule has 0 spiro atoms. The Kier molecular flexibility index (Phi) is 5.60. The Morgan fingerprint density at radius 3 is 2.70 bits per heavy atom. The highest BCUT2D eigenvalue weighted by molar-refractivity contribution is 5.94. The van der Waals surface area contributed by atoms with E-state index in [0.29, 0.717) is 23.1 Å². The number of methoxy groups -OCH3 is 1. The number of ether oxygens (including phenoxy) is 2. The molecule has 0 saturated carbocycles. The Labute approximate surface area is 213 Å². The van der Waals surface area contributed by atoms with Crippen LogP contribution in [0.5, 0.6) is 5.75 Å². The van der Waals surface area contributed by atoms with Gasteiger partial charge in [-0.15, -0.1) is 0 Å². The summed E-state index contributed by atoms with van der Waals surface area (Å²) in [5, 5.41) is 0.609. The molecule has 7 heteroatoms. The molecule has 4 aromatic rings. The normalized spacial score (nSPS) is 16.0. The minimum absolute atomic E-state index is 0.0588. The SMILES string of the molecule is COC(=O)c1ccc(/C=C/C(=O)N2Cc3c([nH]c4ccccc4c3=O)C2c2ccc3c(c2)CCO3)cc1. The second kappa shape index (κ2) is 9.09. The summed E-state index contributed by atoms with van der Waals surface area (Å²) in [5.74, 6) is 0.232. The largest absolute Gasteiger partial charge is 0.493 e. The summed E-state index contributed by atoms with van der Waals surface area (Å²) in [7, 11) is 1.33. The molecule has 0 radical (unpaired) electrons. The summed E-state index contributed by atoms with van der Waals surface area (Å²) in [4.78, 5) is 43.8. The monoisotopic (exact) mass is 492 g/mol. The van der Waals surface area contributed by atoms with Crippen LogP contribution in [0.15, 0.2) is 77.6 Å². The minimum Gasteiger partial charge on any atom is -0.493 e. The highest BCUT2D eigenvalue weighted by Crippen LogP contribution is 2.39. The van der Waals surface area contributed by atoms with Gasteiger partial charge in [0.15, 0.2) is 5.43 Å². The zero-order valence-corrected chi connectivity index (χ0v) is 20.2. The van der Waals surface area contributed by atoms with Crippen LogP contribution in [-0.2, 0) is 22.5 Å². The van der Waals surface area contributed by atoms with E-state index in [4.69, 9.17) is 9.47 Å². The minimum atomic E-state index is -0.433. The van der Waals surface area contributed by atoms with Gasteiger partial charge in [0.2, 0.25) is 5.91 Å². The van der Waals surface area contributed by atoms with Crippen LogP contribution >= 0.6 is 0 Å². The predicted octanol–water partition coefficient (Wildman–Crippen LogP) is 4.39. The number of carbonyl (C=O) groups is 2. The average Bonchev–Trinajstić information content (AvgIpc) is 3.56. The molecule has 37 heavy (non-hydrogen) atoms. The lowest BCUT2D eigenvalue weighted by Gasteiger charge is -2.25. The maximum Gasteiger partial charge on any atom is 0.337 e. The van der Waals surface area contributed by atoms with Crippen LogP contribution < -0.4 is 10.2 Å². The molecule has 6 rings (SSSR count). The van der Waals surface area contributed by atoms with E-state index in [1.807, 2.05) is 30.3 Å². The first kappa shape index (κ1) is 22.8. The van der Waals surface area contributed by atoms with E-state index < -0.39 is 12.0 Å². The lowest BCUT2D eigenvalue weighted by atomic mass is 9.98. The summed E-state index contributed by atoms with van der Waals surface area (Å²) < 4.78 is 10.4. The molecule has 2 aliphatic heterocycles. The number of pyridine rings is 1. The number of hydrogen-bond acceptors (Lipinski definition) is 5. The van der Waals surface area contributed by atoms with Crippen molar-refractivity contribution in [1.82, 2.24) is 9.88 Å². The van der Waals surface area contributed by atoms with Crippen molar-refractivity contribution >= 4 is 28.9 Å². The fourth-order valence-electron chi connectivity index (χ4n) is 5.14. The molecule has 0 saturated heterocycles. The van der Waals surface area contributed by atoms with Crippen molar-refractivity contribution in [1.29, 1.82) is 0 Å². The molecule has 1 aromatic heterocycles. The molecule has 1 N–H and O–H groups in total. The van der Waals surface area contributed by atoms with Gasteiger partial charge in [0, 0.05) is 29.0 Å². The van der Waals surface area contributed by atoms with E-state index in [9.17, 15) is 14.4 Å². The van der Waals surface area contributed by atoms with Crippen molar-refractivity contribution in [3.8, 4) is 5.75 Å². The van der Waals surface area contributed by atoms with Crippen LogP contribution in [0.2, 0.25) is 0 Å². The van der Waals surface area contributed by atoms with Crippen LogP contribution in [-0.4, -0.2) is 35.5 Å². The molecule has 2 aliphatic rings. The highest BCUT2D eigenvalue weighted by Gasteiger charge is 2.37. The Morgan fingerprint density at radius 1 is 1.08 bits per heavy atom. The Bertz CT molecular complexity index is 1630. The number of nitrogens with one attached hydrogen (secondary N) is 1. The van der Waals surface area contributed by atoms with Gasteiger partial charge < -0.3 is 19.4 Å². The number of nitrogens with zero attached hydrogens (tertiary/aromatic N) is 1. The van der Waals surface area contributed by atoms with Crippen LogP contribution in [0.25, 0.3) is 17.0 Å². The number of fused-ring (bicyclic) bond motifs is 3. The van der Waals surface area contributed by atoms with Gasteiger partial charge in [-0.2, -0.15) is 0 Å². The van der Waals surface area contributed by atoms with Gasteiger partial charge in [0.05, 0.1) is 37.6 Å². The van der Waals surface area contributed by atoms with Crippen molar-refractivity contribution in [2.24, 2.45) is 0 Å². The van der Waals surface area contributed by atoms with Crippen molar-refractivity contribution in [2.45, 2.75) is 19.0 Å². The molecule has 1 amide bonds. The maximum atomic E-state index is 13.6. The predicted molar refractivity (Wildman–Crippen MR) is 139 cm³/mol. The van der Waals surface area contributed by atoms with Gasteiger partial charge in [-0.05, 0) is 59.2 Å². The molecule has 3 aromatic carbocycles. The summed E-state index contributed by atoms with van der Waals surface area (Å²) in [6, 6.07) is 19.8. The molecular formula is C30H24N2O5. The highest BCUT2D eigenvalue weighted by atomic mass is 16.5. The number of aromatic nitrogens is 1. The number of amides is 1. The van der Waals surface area contributed by atoms with Gasteiger partial charge in [-0.1, -0.05) is 30.3 Å². The van der Waals surface area contributed by atoms with Crippen LogP contribution in [0.4, 0.5) is 0 Å². The van der Waals surface area contributed by atoms with E-state index in [0.717, 1.165) is 40.1 Å². The first-order valence-electron chi connectivity index (χ1n) is 12.1. The molecule has 0 fully saturated rings. The van der Waals surface area contributed by atoms with Crippen molar-refractivity contribution in [2.75, 3.05) is 13.7 Å². The molecule has 7 nitrogen and oxygen atoms in total. The molecule has 1 unspecified atom stereocenters. The zero-order valence-electron chi connectivity index (χ0n) is 20.2. The number of hydrogen-bond donors (Lipinski definition) is 1. The van der Waals surface area contributed by atoms with E-state index in [2.05, 4.69) is 11.1 Å². The van der Waals surface area contributed by atoms with Gasteiger partial charge >= 0.3 is 5.97 Å². The Balaban J connectivity index is 1.38. The molecule has 0 bridgehead atoms. The number of rotatable bonds is 4. The first-order chi connectivity index (χ1) is 18.0. The van der Waals surface area contributed by atoms with Crippen molar-refractivity contribution in [3.05, 3.63) is 117 Å². The van der Waals surface area contributed by atoms with E-state index in [-0.39, 0.29) is 17.9 Å². The van der Waals surface area contributed by atoms with Gasteiger partial charge in [-0.3, -0.25) is 9.59 Å². The molecule has 1 atom stereocenters. The van der Waals surface area contributed by atoms with Crippen molar-refractivity contribution < 1.29 is 19.1 Å². The number of esters is 1. The molecule has 0 aliphatic carbocycles. The Hall–Kier alpha value is -4.65. The second-order valence-corrected chi connectivity index (χ2v) is 9.17. The average molecular weight is 493 g/mol. The Morgan fingerprint density at radius 2 is 1.89 bits per heavy atom.